The highest BCUT2D eigenvalue weighted by atomic mass is 32.2. The minimum atomic E-state index is 0.152. The Morgan fingerprint density at radius 2 is 2.42 bits per heavy atom. The van der Waals surface area contributed by atoms with E-state index in [1.54, 1.807) is 11.8 Å². The van der Waals surface area contributed by atoms with Crippen LogP contribution in [0.3, 0.4) is 0 Å². The molecule has 0 amide bonds. The second kappa shape index (κ2) is 4.48. The zero-order chi connectivity index (χ0) is 8.97. The monoisotopic (exact) mass is 182 g/mol. The van der Waals surface area contributed by atoms with E-state index in [0.29, 0.717) is 0 Å². The summed E-state index contributed by atoms with van der Waals surface area (Å²) in [6.45, 7) is 2.09. The van der Waals surface area contributed by atoms with Gasteiger partial charge in [0.15, 0.2) is 0 Å². The number of pyridine rings is 1. The van der Waals surface area contributed by atoms with Gasteiger partial charge in [-0.1, -0.05) is 6.92 Å². The normalized spacial score (nSPS) is 12.9. The number of thioether (sulfide) groups is 1. The molecule has 1 unspecified atom stereocenters. The molecule has 0 aliphatic heterocycles. The van der Waals surface area contributed by atoms with Crippen LogP contribution in [-0.4, -0.2) is 11.2 Å². The van der Waals surface area contributed by atoms with E-state index in [0.717, 1.165) is 11.4 Å². The van der Waals surface area contributed by atoms with Gasteiger partial charge in [-0.05, 0) is 30.4 Å². The van der Waals surface area contributed by atoms with Crippen LogP contribution in [0.1, 0.15) is 24.9 Å². The van der Waals surface area contributed by atoms with Crippen LogP contribution in [0, 0.1) is 0 Å². The molecule has 0 spiro atoms. The Morgan fingerprint density at radius 1 is 1.67 bits per heavy atom. The van der Waals surface area contributed by atoms with Crippen molar-refractivity contribution in [3.63, 3.8) is 0 Å². The van der Waals surface area contributed by atoms with Crippen LogP contribution in [0.4, 0.5) is 0 Å². The van der Waals surface area contributed by atoms with E-state index in [4.69, 9.17) is 5.73 Å². The summed E-state index contributed by atoms with van der Waals surface area (Å²) in [6, 6.07) is 4.19. The summed E-state index contributed by atoms with van der Waals surface area (Å²) in [4.78, 5) is 4.18. The maximum Gasteiger partial charge on any atom is 0.0960 e. The summed E-state index contributed by atoms with van der Waals surface area (Å²) in [7, 11) is 0. The molecule has 0 saturated heterocycles. The maximum absolute atomic E-state index is 5.88. The third-order valence-electron chi connectivity index (χ3n) is 1.84. The highest BCUT2D eigenvalue weighted by Crippen LogP contribution is 2.18. The highest BCUT2D eigenvalue weighted by Gasteiger charge is 2.03. The first kappa shape index (κ1) is 9.55. The van der Waals surface area contributed by atoms with Crippen molar-refractivity contribution in [3.05, 3.63) is 23.9 Å². The van der Waals surface area contributed by atoms with Gasteiger partial charge in [0.05, 0.1) is 5.03 Å². The molecule has 1 rings (SSSR count). The van der Waals surface area contributed by atoms with Crippen molar-refractivity contribution in [2.24, 2.45) is 5.73 Å². The Kier molecular flexibility index (Phi) is 3.56. The van der Waals surface area contributed by atoms with Crippen LogP contribution in [0.25, 0.3) is 0 Å². The van der Waals surface area contributed by atoms with Crippen molar-refractivity contribution < 1.29 is 0 Å². The van der Waals surface area contributed by atoms with Gasteiger partial charge >= 0.3 is 0 Å². The van der Waals surface area contributed by atoms with Gasteiger partial charge < -0.3 is 5.73 Å². The Morgan fingerprint density at radius 3 is 3.00 bits per heavy atom. The van der Waals surface area contributed by atoms with Gasteiger partial charge in [0, 0.05) is 12.2 Å². The second-order valence-corrected chi connectivity index (χ2v) is 3.47. The molecule has 1 atom stereocenters. The Hall–Kier alpha value is -0.540. The number of hydrogen-bond donors (Lipinski definition) is 1. The zero-order valence-corrected chi connectivity index (χ0v) is 8.27. The van der Waals surface area contributed by atoms with Gasteiger partial charge in [-0.25, -0.2) is 4.98 Å². The number of hydrogen-bond acceptors (Lipinski definition) is 3. The molecule has 0 fully saturated rings. The van der Waals surface area contributed by atoms with Gasteiger partial charge in [-0.2, -0.15) is 0 Å². The lowest BCUT2D eigenvalue weighted by Crippen LogP contribution is -2.08. The fraction of sp³-hybridized carbons (Fsp3) is 0.444. The number of nitrogens with two attached hydrogens (primary N) is 1. The first-order valence-corrected chi connectivity index (χ1v) is 5.26. The summed E-state index contributed by atoms with van der Waals surface area (Å²) < 4.78 is 0. The summed E-state index contributed by atoms with van der Waals surface area (Å²) in [5.74, 6) is 0. The van der Waals surface area contributed by atoms with E-state index in [1.807, 2.05) is 18.5 Å². The Balaban J connectivity index is 2.86. The molecule has 12 heavy (non-hydrogen) atoms. The van der Waals surface area contributed by atoms with E-state index in [-0.39, 0.29) is 6.04 Å². The van der Waals surface area contributed by atoms with Crippen molar-refractivity contribution in [3.8, 4) is 0 Å². The van der Waals surface area contributed by atoms with Gasteiger partial charge in [0.1, 0.15) is 0 Å². The third kappa shape index (κ3) is 2.22. The fourth-order valence-electron chi connectivity index (χ4n) is 1.00. The van der Waals surface area contributed by atoms with Crippen molar-refractivity contribution in [1.82, 2.24) is 4.98 Å². The van der Waals surface area contributed by atoms with Crippen LogP contribution < -0.4 is 5.73 Å². The number of rotatable bonds is 3. The van der Waals surface area contributed by atoms with Crippen molar-refractivity contribution in [2.45, 2.75) is 24.4 Å². The fourth-order valence-corrected chi connectivity index (χ4v) is 1.42. The van der Waals surface area contributed by atoms with E-state index in [2.05, 4.69) is 18.0 Å². The van der Waals surface area contributed by atoms with E-state index in [9.17, 15) is 0 Å². The van der Waals surface area contributed by atoms with E-state index < -0.39 is 0 Å². The molecular weight excluding hydrogens is 168 g/mol. The molecule has 3 heteroatoms. The standard InChI is InChI=1S/C9H14N2S/c1-3-8(10)7-4-5-11-9(6-7)12-2/h4-6,8H,3,10H2,1-2H3. The van der Waals surface area contributed by atoms with Gasteiger partial charge in [-0.3, -0.25) is 0 Å². The molecule has 2 N–H and O–H groups in total. The van der Waals surface area contributed by atoms with Crippen molar-refractivity contribution in [1.29, 1.82) is 0 Å². The summed E-state index contributed by atoms with van der Waals surface area (Å²) in [5.41, 5.74) is 7.06. The molecule has 66 valence electrons. The molecule has 1 aromatic heterocycles. The van der Waals surface area contributed by atoms with Crippen LogP contribution in [0.5, 0.6) is 0 Å². The lowest BCUT2D eigenvalue weighted by molar-refractivity contribution is 0.694. The van der Waals surface area contributed by atoms with E-state index in [1.165, 1.54) is 5.56 Å². The molecule has 1 heterocycles. The lowest BCUT2D eigenvalue weighted by Gasteiger charge is -2.08. The zero-order valence-electron chi connectivity index (χ0n) is 7.45. The average Bonchev–Trinajstić information content (AvgIpc) is 2.17. The maximum atomic E-state index is 5.88. The summed E-state index contributed by atoms with van der Waals surface area (Å²) >= 11 is 1.64. The molecule has 0 radical (unpaired) electrons. The molecule has 0 saturated carbocycles. The third-order valence-corrected chi connectivity index (χ3v) is 2.48. The Bertz CT molecular complexity index is 250. The quantitative estimate of drug-likeness (QED) is 0.728. The average molecular weight is 182 g/mol. The predicted molar refractivity (Wildman–Crippen MR) is 53.2 cm³/mol. The SMILES string of the molecule is CCC(N)c1ccnc(SC)c1. The molecular formula is C9H14N2S. The largest absolute Gasteiger partial charge is 0.324 e. The number of aromatic nitrogens is 1. The first-order valence-electron chi connectivity index (χ1n) is 4.03. The van der Waals surface area contributed by atoms with Crippen LogP contribution in [-0.2, 0) is 0 Å². The summed E-state index contributed by atoms with van der Waals surface area (Å²) in [5, 5.41) is 1.04. The molecule has 0 aliphatic carbocycles. The van der Waals surface area contributed by atoms with Crippen LogP contribution in [0.15, 0.2) is 23.4 Å². The van der Waals surface area contributed by atoms with Gasteiger partial charge in [0.25, 0.3) is 0 Å². The predicted octanol–water partition coefficient (Wildman–Crippen LogP) is 2.21. The summed E-state index contributed by atoms with van der Waals surface area (Å²) in [6.07, 6.45) is 4.80. The van der Waals surface area contributed by atoms with Crippen LogP contribution >= 0.6 is 11.8 Å². The minimum Gasteiger partial charge on any atom is -0.324 e. The lowest BCUT2D eigenvalue weighted by atomic mass is 10.1. The molecule has 0 aromatic carbocycles. The first-order chi connectivity index (χ1) is 5.77. The smallest absolute Gasteiger partial charge is 0.0960 e. The topological polar surface area (TPSA) is 38.9 Å². The van der Waals surface area contributed by atoms with Gasteiger partial charge in [-0.15, -0.1) is 11.8 Å². The minimum absolute atomic E-state index is 0.152. The molecule has 2 nitrogen and oxygen atoms in total. The second-order valence-electron chi connectivity index (χ2n) is 2.65. The highest BCUT2D eigenvalue weighted by molar-refractivity contribution is 7.98. The van der Waals surface area contributed by atoms with Crippen molar-refractivity contribution in [2.75, 3.05) is 6.26 Å². The molecule has 0 bridgehead atoms. The Labute approximate surface area is 77.6 Å². The van der Waals surface area contributed by atoms with Gasteiger partial charge in [0.2, 0.25) is 0 Å². The molecule has 0 aliphatic rings. The van der Waals surface area contributed by atoms with Crippen molar-refractivity contribution >= 4 is 11.8 Å². The van der Waals surface area contributed by atoms with E-state index >= 15 is 0 Å². The number of nitrogens with zero attached hydrogens (tertiary/aromatic N) is 1. The molecule has 1 aromatic rings. The van der Waals surface area contributed by atoms with Crippen LogP contribution in [0.2, 0.25) is 0 Å².